The highest BCUT2D eigenvalue weighted by atomic mass is 16.6. The van der Waals surface area contributed by atoms with E-state index in [4.69, 9.17) is 14.2 Å². The molecule has 1 aliphatic heterocycles. The molecule has 4 amide bonds. The van der Waals surface area contributed by atoms with Crippen molar-refractivity contribution in [3.8, 4) is 0 Å². The molecule has 1 spiro atoms. The van der Waals surface area contributed by atoms with E-state index in [0.29, 0.717) is 32.4 Å². The number of likely N-dealkylation sites (tertiary alicyclic amines) is 1. The molecule has 3 N–H and O–H groups in total. The summed E-state index contributed by atoms with van der Waals surface area (Å²) < 4.78 is 16.9. The van der Waals surface area contributed by atoms with Gasteiger partial charge in [-0.05, 0) is 76.1 Å². The molecule has 11 heteroatoms. The van der Waals surface area contributed by atoms with Gasteiger partial charge < -0.3 is 35.1 Å². The first-order chi connectivity index (χ1) is 24.2. The zero-order valence-corrected chi connectivity index (χ0v) is 30.2. The Morgan fingerprint density at radius 1 is 0.804 bits per heavy atom. The van der Waals surface area contributed by atoms with Crippen molar-refractivity contribution in [2.45, 2.75) is 95.7 Å². The number of carbonyl (C=O) groups excluding carboxylic acids is 4. The van der Waals surface area contributed by atoms with Crippen LogP contribution < -0.4 is 16.0 Å². The molecule has 5 rings (SSSR count). The number of rotatable bonds is 11. The Morgan fingerprint density at radius 3 is 2.02 bits per heavy atom. The minimum absolute atomic E-state index is 0.0520. The van der Waals surface area contributed by atoms with Crippen LogP contribution in [0.5, 0.6) is 0 Å². The molecule has 2 aliphatic rings. The van der Waals surface area contributed by atoms with E-state index in [1.54, 1.807) is 39.5 Å². The van der Waals surface area contributed by atoms with Gasteiger partial charge in [0.05, 0.1) is 19.3 Å². The van der Waals surface area contributed by atoms with Gasteiger partial charge in [-0.25, -0.2) is 9.59 Å². The number of benzene rings is 3. The first-order valence-corrected chi connectivity index (χ1v) is 17.5. The summed E-state index contributed by atoms with van der Waals surface area (Å²) in [6, 6.07) is 26.1. The maximum atomic E-state index is 14.1. The minimum atomic E-state index is -1.37. The van der Waals surface area contributed by atoms with Gasteiger partial charge in [0.15, 0.2) is 0 Å². The highest BCUT2D eigenvalue weighted by molar-refractivity contribution is 5.93. The van der Waals surface area contributed by atoms with Gasteiger partial charge in [-0.15, -0.1) is 0 Å². The fraction of sp³-hybridized carbons (Fsp3) is 0.450. The van der Waals surface area contributed by atoms with Gasteiger partial charge in [0.25, 0.3) is 0 Å². The number of nitrogens with zero attached hydrogens (tertiary/aromatic N) is 1. The maximum Gasteiger partial charge on any atom is 0.408 e. The summed E-state index contributed by atoms with van der Waals surface area (Å²) >= 11 is 0. The Kier molecular flexibility index (Phi) is 11.7. The third-order valence-corrected chi connectivity index (χ3v) is 9.42. The summed E-state index contributed by atoms with van der Waals surface area (Å²) in [4.78, 5) is 54.8. The first-order valence-electron chi connectivity index (χ1n) is 17.5. The van der Waals surface area contributed by atoms with Crippen LogP contribution in [0.4, 0.5) is 9.59 Å². The van der Waals surface area contributed by atoms with E-state index in [1.807, 2.05) is 78.9 Å². The van der Waals surface area contributed by atoms with E-state index in [0.717, 1.165) is 16.7 Å². The van der Waals surface area contributed by atoms with Crippen LogP contribution >= 0.6 is 0 Å². The van der Waals surface area contributed by atoms with Crippen LogP contribution in [0.2, 0.25) is 0 Å². The van der Waals surface area contributed by atoms with E-state index in [2.05, 4.69) is 22.0 Å². The summed E-state index contributed by atoms with van der Waals surface area (Å²) in [5.41, 5.74) is 1.75. The molecule has 0 aromatic heterocycles. The Labute approximate surface area is 300 Å². The predicted octanol–water partition coefficient (Wildman–Crippen LogP) is 5.92. The van der Waals surface area contributed by atoms with Crippen LogP contribution in [-0.4, -0.2) is 65.8 Å². The fourth-order valence-electron chi connectivity index (χ4n) is 6.78. The number of hydrogen-bond acceptors (Lipinski definition) is 7. The zero-order valence-electron chi connectivity index (χ0n) is 30.2. The second kappa shape index (κ2) is 16.0. The second-order valence-electron chi connectivity index (χ2n) is 14.9. The molecule has 1 aliphatic carbocycles. The molecular formula is C40H50N4O7. The highest BCUT2D eigenvalue weighted by Crippen LogP contribution is 2.50. The number of amides is 4. The predicted molar refractivity (Wildman–Crippen MR) is 193 cm³/mol. The number of piperidine rings is 1. The van der Waals surface area contributed by atoms with Crippen LogP contribution in [0.25, 0.3) is 0 Å². The monoisotopic (exact) mass is 698 g/mol. The Morgan fingerprint density at radius 2 is 1.39 bits per heavy atom. The van der Waals surface area contributed by atoms with E-state index in [1.165, 1.54) is 5.56 Å². The number of ether oxygens (including phenoxy) is 3. The largest absolute Gasteiger partial charge is 0.445 e. The SMILES string of the molecule is CC(C)(C)OC(=O)NC(C)(C)C(=O)NC(COCc1ccccc1)C(=O)N1CCC2(CC1)C[C@@H](NC(=O)OCc1ccccc1)c1ccccc12. The molecule has 51 heavy (non-hydrogen) atoms. The van der Waals surface area contributed by atoms with Gasteiger partial charge in [-0.3, -0.25) is 9.59 Å². The number of alkyl carbamates (subject to hydrolysis) is 2. The van der Waals surface area contributed by atoms with Crippen molar-refractivity contribution < 1.29 is 33.4 Å². The van der Waals surface area contributed by atoms with Crippen molar-refractivity contribution in [2.75, 3.05) is 19.7 Å². The maximum absolute atomic E-state index is 14.1. The Hall–Kier alpha value is -4.90. The van der Waals surface area contributed by atoms with Gasteiger partial charge in [-0.1, -0.05) is 84.9 Å². The number of fused-ring (bicyclic) bond motifs is 2. The summed E-state index contributed by atoms with van der Waals surface area (Å²) in [6.07, 6.45) is 0.858. The molecule has 0 saturated carbocycles. The Bertz CT molecular complexity index is 1660. The van der Waals surface area contributed by atoms with E-state index in [9.17, 15) is 19.2 Å². The van der Waals surface area contributed by atoms with Crippen molar-refractivity contribution in [3.05, 3.63) is 107 Å². The third kappa shape index (κ3) is 9.88. The van der Waals surface area contributed by atoms with Gasteiger partial charge in [0.2, 0.25) is 11.8 Å². The number of carbonyl (C=O) groups is 4. The summed E-state index contributed by atoms with van der Waals surface area (Å²) in [6.45, 7) is 9.66. The van der Waals surface area contributed by atoms with Gasteiger partial charge in [0.1, 0.15) is 23.8 Å². The quantitative estimate of drug-likeness (QED) is 0.226. The molecule has 1 heterocycles. The van der Waals surface area contributed by atoms with Crippen molar-refractivity contribution in [1.29, 1.82) is 0 Å². The normalized spacial score (nSPS) is 17.2. The van der Waals surface area contributed by atoms with Crippen molar-refractivity contribution in [2.24, 2.45) is 0 Å². The molecule has 1 fully saturated rings. The average Bonchev–Trinajstić information content (AvgIpc) is 3.38. The topological polar surface area (TPSA) is 135 Å². The zero-order chi connectivity index (χ0) is 36.6. The van der Waals surface area contributed by atoms with Gasteiger partial charge in [0, 0.05) is 18.5 Å². The van der Waals surface area contributed by atoms with Gasteiger partial charge in [-0.2, -0.15) is 0 Å². The van der Waals surface area contributed by atoms with Crippen molar-refractivity contribution >= 4 is 24.0 Å². The average molecular weight is 699 g/mol. The lowest BCUT2D eigenvalue weighted by atomic mass is 9.73. The minimum Gasteiger partial charge on any atom is -0.445 e. The van der Waals surface area contributed by atoms with Crippen molar-refractivity contribution in [3.63, 3.8) is 0 Å². The summed E-state index contributed by atoms with van der Waals surface area (Å²) in [5.74, 6) is -0.800. The summed E-state index contributed by atoms with van der Waals surface area (Å²) in [7, 11) is 0. The molecule has 272 valence electrons. The lowest BCUT2D eigenvalue weighted by molar-refractivity contribution is -0.141. The Balaban J connectivity index is 1.24. The van der Waals surface area contributed by atoms with Crippen LogP contribution in [-0.2, 0) is 42.4 Å². The van der Waals surface area contributed by atoms with Crippen molar-refractivity contribution in [1.82, 2.24) is 20.9 Å². The van der Waals surface area contributed by atoms with Gasteiger partial charge >= 0.3 is 12.2 Å². The highest BCUT2D eigenvalue weighted by Gasteiger charge is 2.47. The molecule has 3 aromatic rings. The first kappa shape index (κ1) is 37.4. The summed E-state index contributed by atoms with van der Waals surface area (Å²) in [5, 5.41) is 8.55. The second-order valence-corrected chi connectivity index (χ2v) is 14.9. The standard InChI is InChI=1S/C40H50N4O7/c1-38(2,3)51-37(48)43-39(4,5)35(46)41-33(27-49-25-28-14-8-6-9-15-28)34(45)44-22-20-40(21-23-44)24-32(30-18-12-13-19-31(30)40)42-36(47)50-26-29-16-10-7-11-17-29/h6-19,32-33H,20-27H2,1-5H3,(H,41,46)(H,42,47)(H,43,48)/t32-,33?/m1/s1. The van der Waals surface area contributed by atoms with Crippen LogP contribution in [0, 0.1) is 0 Å². The molecule has 0 radical (unpaired) electrons. The van der Waals surface area contributed by atoms with E-state index < -0.39 is 35.3 Å². The molecule has 3 aromatic carbocycles. The molecule has 2 atom stereocenters. The molecule has 11 nitrogen and oxygen atoms in total. The van der Waals surface area contributed by atoms with Crippen LogP contribution in [0.15, 0.2) is 84.9 Å². The van der Waals surface area contributed by atoms with Crippen LogP contribution in [0.3, 0.4) is 0 Å². The number of nitrogens with one attached hydrogen (secondary N) is 3. The number of hydrogen-bond donors (Lipinski definition) is 3. The lowest BCUT2D eigenvalue weighted by Crippen LogP contribution is -2.61. The third-order valence-electron chi connectivity index (χ3n) is 9.42. The molecular weight excluding hydrogens is 648 g/mol. The smallest absolute Gasteiger partial charge is 0.408 e. The van der Waals surface area contributed by atoms with Crippen LogP contribution in [0.1, 0.15) is 82.2 Å². The fourth-order valence-corrected chi connectivity index (χ4v) is 6.78. The molecule has 1 unspecified atom stereocenters. The van der Waals surface area contributed by atoms with E-state index in [-0.39, 0.29) is 37.2 Å². The lowest BCUT2D eigenvalue weighted by Gasteiger charge is -2.41. The molecule has 1 saturated heterocycles. The molecule has 0 bridgehead atoms. The van der Waals surface area contributed by atoms with E-state index >= 15 is 0 Å².